The predicted octanol–water partition coefficient (Wildman–Crippen LogP) is 2.67. The number of benzene rings is 1. The lowest BCUT2D eigenvalue weighted by Gasteiger charge is -2.24. The molecule has 1 heterocycles. The fraction of sp³-hybridized carbons (Fsp3) is 0.533. The van der Waals surface area contributed by atoms with Crippen molar-refractivity contribution in [2.75, 3.05) is 13.1 Å². The molecule has 4 heteroatoms. The molecule has 1 aromatic carbocycles. The minimum atomic E-state index is 0.0532. The van der Waals surface area contributed by atoms with Gasteiger partial charge in [-0.05, 0) is 31.5 Å². The summed E-state index contributed by atoms with van der Waals surface area (Å²) < 4.78 is 0. The first-order chi connectivity index (χ1) is 9.16. The highest BCUT2D eigenvalue weighted by atomic mass is 32.2. The smallest absolute Gasteiger partial charge is 0.252 e. The van der Waals surface area contributed by atoms with E-state index in [9.17, 15) is 4.79 Å². The van der Waals surface area contributed by atoms with Gasteiger partial charge in [0.2, 0.25) is 0 Å². The third kappa shape index (κ3) is 4.25. The third-order valence-electron chi connectivity index (χ3n) is 3.13. The van der Waals surface area contributed by atoms with Crippen LogP contribution in [-0.4, -0.2) is 30.3 Å². The molecular weight excluding hydrogens is 256 g/mol. The lowest BCUT2D eigenvalue weighted by molar-refractivity contribution is 0.0927. The average molecular weight is 278 g/mol. The molecule has 1 aromatic rings. The summed E-state index contributed by atoms with van der Waals surface area (Å²) >= 11 is 1.74. The summed E-state index contributed by atoms with van der Waals surface area (Å²) in [4.78, 5) is 13.4. The van der Waals surface area contributed by atoms with E-state index in [0.29, 0.717) is 5.25 Å². The van der Waals surface area contributed by atoms with Crippen LogP contribution in [0.4, 0.5) is 0 Å². The van der Waals surface area contributed by atoms with Crippen LogP contribution in [0, 0.1) is 0 Å². The summed E-state index contributed by atoms with van der Waals surface area (Å²) in [5, 5.41) is 6.93. The second-order valence-electron chi connectivity index (χ2n) is 5.18. The molecule has 1 fully saturated rings. The summed E-state index contributed by atoms with van der Waals surface area (Å²) in [6, 6.07) is 8.12. The number of rotatable bonds is 4. The van der Waals surface area contributed by atoms with Gasteiger partial charge in [-0.25, -0.2) is 0 Å². The fourth-order valence-corrected chi connectivity index (χ4v) is 3.20. The number of amides is 1. The van der Waals surface area contributed by atoms with Crippen LogP contribution in [0.2, 0.25) is 0 Å². The van der Waals surface area contributed by atoms with Gasteiger partial charge in [-0.2, -0.15) is 0 Å². The molecule has 104 valence electrons. The highest BCUT2D eigenvalue weighted by Gasteiger charge is 2.18. The summed E-state index contributed by atoms with van der Waals surface area (Å²) in [6.45, 7) is 6.23. The van der Waals surface area contributed by atoms with Crippen LogP contribution >= 0.6 is 11.8 Å². The molecule has 0 saturated carbocycles. The Balaban J connectivity index is 2.05. The largest absolute Gasteiger partial charge is 0.348 e. The van der Waals surface area contributed by atoms with Crippen molar-refractivity contribution in [2.24, 2.45) is 0 Å². The lowest BCUT2D eigenvalue weighted by Crippen LogP contribution is -2.45. The van der Waals surface area contributed by atoms with Crippen LogP contribution in [0.25, 0.3) is 0 Å². The number of thioether (sulfide) groups is 1. The van der Waals surface area contributed by atoms with Gasteiger partial charge in [0.1, 0.15) is 0 Å². The van der Waals surface area contributed by atoms with Gasteiger partial charge in [0.15, 0.2) is 0 Å². The first-order valence-corrected chi connectivity index (χ1v) is 7.82. The van der Waals surface area contributed by atoms with E-state index in [1.54, 1.807) is 11.8 Å². The van der Waals surface area contributed by atoms with E-state index < -0.39 is 0 Å². The molecule has 0 aromatic heterocycles. The Bertz CT molecular complexity index is 428. The summed E-state index contributed by atoms with van der Waals surface area (Å²) in [5.41, 5.74) is 0.798. The van der Waals surface area contributed by atoms with Crippen molar-refractivity contribution in [1.82, 2.24) is 10.6 Å². The van der Waals surface area contributed by atoms with Crippen LogP contribution in [0.1, 0.15) is 37.0 Å². The summed E-state index contributed by atoms with van der Waals surface area (Å²) in [5.74, 6) is 0.0532. The molecule has 0 radical (unpaired) electrons. The van der Waals surface area contributed by atoms with E-state index in [4.69, 9.17) is 0 Å². The van der Waals surface area contributed by atoms with Gasteiger partial charge in [-0.15, -0.1) is 11.8 Å². The van der Waals surface area contributed by atoms with Crippen LogP contribution in [-0.2, 0) is 0 Å². The Hall–Kier alpha value is -1.00. The Kier molecular flexibility index (Phi) is 5.28. The van der Waals surface area contributed by atoms with Crippen molar-refractivity contribution in [3.05, 3.63) is 29.8 Å². The maximum absolute atomic E-state index is 12.4. The van der Waals surface area contributed by atoms with Crippen molar-refractivity contribution in [1.29, 1.82) is 0 Å². The zero-order valence-corrected chi connectivity index (χ0v) is 12.4. The molecule has 1 aliphatic rings. The Morgan fingerprint density at radius 3 is 2.89 bits per heavy atom. The van der Waals surface area contributed by atoms with E-state index in [-0.39, 0.29) is 11.9 Å². The van der Waals surface area contributed by atoms with E-state index >= 15 is 0 Å². The van der Waals surface area contributed by atoms with E-state index in [1.807, 2.05) is 24.3 Å². The number of hydrogen-bond donors (Lipinski definition) is 2. The van der Waals surface area contributed by atoms with Crippen LogP contribution in [0.3, 0.4) is 0 Å². The zero-order chi connectivity index (χ0) is 13.7. The Morgan fingerprint density at radius 1 is 1.42 bits per heavy atom. The standard InChI is InChI=1S/C15H22N2OS/c1-11(2)19-14-8-4-3-7-13(14)15(18)17-12-6-5-9-16-10-12/h3-4,7-8,11-12,16H,5-6,9-10H2,1-2H3,(H,17,18). The molecule has 3 nitrogen and oxygen atoms in total. The van der Waals surface area contributed by atoms with Gasteiger partial charge in [0.25, 0.3) is 5.91 Å². The zero-order valence-electron chi connectivity index (χ0n) is 11.6. The van der Waals surface area contributed by atoms with Crippen molar-refractivity contribution < 1.29 is 4.79 Å². The number of carbonyl (C=O) groups excluding carboxylic acids is 1. The lowest BCUT2D eigenvalue weighted by atomic mass is 10.1. The molecule has 2 N–H and O–H groups in total. The SMILES string of the molecule is CC(C)Sc1ccccc1C(=O)NC1CCCNC1. The minimum Gasteiger partial charge on any atom is -0.348 e. The van der Waals surface area contributed by atoms with Crippen LogP contribution < -0.4 is 10.6 Å². The molecule has 1 unspecified atom stereocenters. The number of piperidine rings is 1. The van der Waals surface area contributed by atoms with Gasteiger partial charge < -0.3 is 10.6 Å². The second-order valence-corrected chi connectivity index (χ2v) is 6.80. The molecule has 19 heavy (non-hydrogen) atoms. The predicted molar refractivity (Wildman–Crippen MR) is 80.8 cm³/mol. The fourth-order valence-electron chi connectivity index (χ4n) is 2.25. The van der Waals surface area contributed by atoms with E-state index in [2.05, 4.69) is 24.5 Å². The minimum absolute atomic E-state index is 0.0532. The van der Waals surface area contributed by atoms with Crippen molar-refractivity contribution in [3.63, 3.8) is 0 Å². The van der Waals surface area contributed by atoms with Gasteiger partial charge in [0, 0.05) is 22.7 Å². The van der Waals surface area contributed by atoms with Gasteiger partial charge in [-0.1, -0.05) is 26.0 Å². The number of hydrogen-bond acceptors (Lipinski definition) is 3. The molecule has 0 spiro atoms. The molecule has 0 bridgehead atoms. The van der Waals surface area contributed by atoms with Gasteiger partial charge in [0.05, 0.1) is 5.56 Å². The Morgan fingerprint density at radius 2 is 2.21 bits per heavy atom. The molecular formula is C15H22N2OS. The van der Waals surface area contributed by atoms with Crippen molar-refractivity contribution in [2.45, 2.75) is 42.9 Å². The third-order valence-corrected chi connectivity index (χ3v) is 4.21. The molecule has 1 atom stereocenters. The number of carbonyl (C=O) groups is 1. The van der Waals surface area contributed by atoms with E-state index in [0.717, 1.165) is 36.4 Å². The van der Waals surface area contributed by atoms with E-state index in [1.165, 1.54) is 0 Å². The topological polar surface area (TPSA) is 41.1 Å². The normalized spacial score (nSPS) is 19.4. The second kappa shape index (κ2) is 6.96. The molecule has 0 aliphatic carbocycles. The highest BCUT2D eigenvalue weighted by molar-refractivity contribution is 8.00. The first-order valence-electron chi connectivity index (χ1n) is 6.94. The van der Waals surface area contributed by atoms with Crippen LogP contribution in [0.15, 0.2) is 29.2 Å². The molecule has 1 amide bonds. The molecule has 1 aliphatic heterocycles. The maximum atomic E-state index is 12.4. The van der Waals surface area contributed by atoms with Gasteiger partial charge in [-0.3, -0.25) is 4.79 Å². The monoisotopic (exact) mass is 278 g/mol. The average Bonchev–Trinajstić information content (AvgIpc) is 2.39. The Labute approximate surface area is 119 Å². The summed E-state index contributed by atoms with van der Waals surface area (Å²) in [6.07, 6.45) is 2.20. The van der Waals surface area contributed by atoms with Crippen LogP contribution in [0.5, 0.6) is 0 Å². The maximum Gasteiger partial charge on any atom is 0.252 e. The van der Waals surface area contributed by atoms with Gasteiger partial charge >= 0.3 is 0 Å². The highest BCUT2D eigenvalue weighted by Crippen LogP contribution is 2.26. The molecule has 1 saturated heterocycles. The van der Waals surface area contributed by atoms with Crippen molar-refractivity contribution in [3.8, 4) is 0 Å². The summed E-state index contributed by atoms with van der Waals surface area (Å²) in [7, 11) is 0. The first kappa shape index (κ1) is 14.4. The quantitative estimate of drug-likeness (QED) is 0.832. The number of nitrogens with one attached hydrogen (secondary N) is 2. The van der Waals surface area contributed by atoms with Crippen molar-refractivity contribution >= 4 is 17.7 Å². The molecule has 2 rings (SSSR count).